The minimum Gasteiger partial charge on any atom is -0.486 e. The van der Waals surface area contributed by atoms with Crippen molar-refractivity contribution in [3.8, 4) is 17.2 Å². The standard InChI is InChI=1S/C19H15ClN4O3/c20-14-2-1-3-15(19(14)24-12-21-11-22-24)23-18(25)7-5-13-4-6-16-17(10-13)27-9-8-26-16/h1-7,10-12H,8-9H2,(H,23,25)/b7-5+. The first kappa shape index (κ1) is 17.1. The Morgan fingerprint density at radius 3 is 2.85 bits per heavy atom. The van der Waals surface area contributed by atoms with Crippen molar-refractivity contribution in [3.63, 3.8) is 0 Å². The van der Waals surface area contributed by atoms with Crippen LogP contribution >= 0.6 is 11.6 Å². The topological polar surface area (TPSA) is 78.3 Å². The van der Waals surface area contributed by atoms with Gasteiger partial charge in [0.1, 0.15) is 31.6 Å². The van der Waals surface area contributed by atoms with Crippen molar-refractivity contribution in [1.82, 2.24) is 14.8 Å². The van der Waals surface area contributed by atoms with Crippen molar-refractivity contribution in [2.75, 3.05) is 18.5 Å². The third-order valence-corrected chi connectivity index (χ3v) is 4.19. The highest BCUT2D eigenvalue weighted by atomic mass is 35.5. The lowest BCUT2D eigenvalue weighted by atomic mass is 10.1. The molecule has 1 N–H and O–H groups in total. The minimum atomic E-state index is -0.298. The first-order chi connectivity index (χ1) is 13.2. The quantitative estimate of drug-likeness (QED) is 0.700. The molecule has 0 radical (unpaired) electrons. The van der Waals surface area contributed by atoms with E-state index in [-0.39, 0.29) is 5.91 Å². The number of benzene rings is 2. The Balaban J connectivity index is 1.52. The highest BCUT2D eigenvalue weighted by molar-refractivity contribution is 6.33. The van der Waals surface area contributed by atoms with Crippen LogP contribution in [0.1, 0.15) is 5.56 Å². The van der Waals surface area contributed by atoms with E-state index in [1.165, 1.54) is 23.4 Å². The summed E-state index contributed by atoms with van der Waals surface area (Å²) in [6.07, 6.45) is 6.06. The molecule has 2 aromatic carbocycles. The second-order valence-corrected chi connectivity index (χ2v) is 6.11. The summed E-state index contributed by atoms with van der Waals surface area (Å²) in [7, 11) is 0. The van der Waals surface area contributed by atoms with Gasteiger partial charge in [-0.1, -0.05) is 23.7 Å². The Morgan fingerprint density at radius 1 is 1.19 bits per heavy atom. The Morgan fingerprint density at radius 2 is 2.04 bits per heavy atom. The lowest BCUT2D eigenvalue weighted by Crippen LogP contribution is -2.15. The van der Waals surface area contributed by atoms with Gasteiger partial charge in [-0.2, -0.15) is 5.10 Å². The third kappa shape index (κ3) is 3.78. The highest BCUT2D eigenvalue weighted by Crippen LogP contribution is 2.31. The summed E-state index contributed by atoms with van der Waals surface area (Å²) in [5.74, 6) is 1.08. The van der Waals surface area contributed by atoms with Gasteiger partial charge in [0.2, 0.25) is 5.91 Å². The summed E-state index contributed by atoms with van der Waals surface area (Å²) in [6, 6.07) is 10.7. The van der Waals surface area contributed by atoms with Gasteiger partial charge >= 0.3 is 0 Å². The largest absolute Gasteiger partial charge is 0.486 e. The number of carbonyl (C=O) groups is 1. The molecule has 136 valence electrons. The van der Waals surface area contributed by atoms with Gasteiger partial charge in [-0.25, -0.2) is 9.67 Å². The number of halogens is 1. The molecule has 0 bridgehead atoms. The van der Waals surface area contributed by atoms with Crippen molar-refractivity contribution in [2.45, 2.75) is 0 Å². The number of amides is 1. The molecule has 0 fully saturated rings. The van der Waals surface area contributed by atoms with Crippen molar-refractivity contribution >= 4 is 29.3 Å². The molecule has 1 aliphatic heterocycles. The Bertz CT molecular complexity index is 1000. The van der Waals surface area contributed by atoms with Gasteiger partial charge in [0.05, 0.1) is 10.7 Å². The van der Waals surface area contributed by atoms with Crippen LogP contribution in [-0.2, 0) is 4.79 Å². The first-order valence-electron chi connectivity index (χ1n) is 8.23. The van der Waals surface area contributed by atoms with Gasteiger partial charge in [0.15, 0.2) is 11.5 Å². The molecule has 3 aromatic rings. The molecular weight excluding hydrogens is 368 g/mol. The number of fused-ring (bicyclic) bond motifs is 1. The number of hydrogen-bond acceptors (Lipinski definition) is 5. The highest BCUT2D eigenvalue weighted by Gasteiger charge is 2.13. The normalized spacial score (nSPS) is 12.9. The van der Waals surface area contributed by atoms with Gasteiger partial charge in [-0.05, 0) is 35.9 Å². The van der Waals surface area contributed by atoms with Gasteiger partial charge in [-0.3, -0.25) is 4.79 Å². The number of carbonyl (C=O) groups excluding carboxylic acids is 1. The van der Waals surface area contributed by atoms with E-state index in [4.69, 9.17) is 21.1 Å². The average Bonchev–Trinajstić information content (AvgIpc) is 3.20. The van der Waals surface area contributed by atoms with Crippen molar-refractivity contribution in [1.29, 1.82) is 0 Å². The zero-order valence-electron chi connectivity index (χ0n) is 14.1. The summed E-state index contributed by atoms with van der Waals surface area (Å²) in [5, 5.41) is 7.35. The van der Waals surface area contributed by atoms with Crippen LogP contribution in [0, 0.1) is 0 Å². The van der Waals surface area contributed by atoms with E-state index in [1.54, 1.807) is 24.3 Å². The smallest absolute Gasteiger partial charge is 0.248 e. The molecule has 0 unspecified atom stereocenters. The molecule has 1 amide bonds. The fourth-order valence-corrected chi connectivity index (χ4v) is 2.94. The van der Waals surface area contributed by atoms with E-state index in [2.05, 4.69) is 15.4 Å². The van der Waals surface area contributed by atoms with Gasteiger partial charge in [0, 0.05) is 6.08 Å². The number of nitrogens with one attached hydrogen (secondary N) is 1. The molecule has 0 saturated carbocycles. The van der Waals surface area contributed by atoms with Crippen molar-refractivity contribution < 1.29 is 14.3 Å². The molecule has 0 atom stereocenters. The SMILES string of the molecule is O=C(/C=C/c1ccc2c(c1)OCCO2)Nc1cccc(Cl)c1-n1cncn1. The average molecular weight is 383 g/mol. The number of rotatable bonds is 4. The van der Waals surface area contributed by atoms with Crippen LogP contribution in [0.2, 0.25) is 5.02 Å². The van der Waals surface area contributed by atoms with Crippen LogP contribution in [0.25, 0.3) is 11.8 Å². The Kier molecular flexibility index (Phi) is 4.76. The fraction of sp³-hybridized carbons (Fsp3) is 0.105. The van der Waals surface area contributed by atoms with Crippen molar-refractivity contribution in [2.24, 2.45) is 0 Å². The van der Waals surface area contributed by atoms with Crippen LogP contribution in [0.4, 0.5) is 5.69 Å². The maximum atomic E-state index is 12.4. The molecule has 2 heterocycles. The molecule has 4 rings (SSSR count). The predicted molar refractivity (Wildman–Crippen MR) is 101 cm³/mol. The number of nitrogens with zero attached hydrogens (tertiary/aromatic N) is 3. The number of ether oxygens (including phenoxy) is 2. The van der Waals surface area contributed by atoms with E-state index >= 15 is 0 Å². The molecule has 0 spiro atoms. The molecule has 1 aliphatic rings. The Labute approximate surface area is 160 Å². The van der Waals surface area contributed by atoms with Gasteiger partial charge < -0.3 is 14.8 Å². The zero-order chi connectivity index (χ0) is 18.6. The van der Waals surface area contributed by atoms with E-state index in [0.717, 1.165) is 5.56 Å². The predicted octanol–water partition coefficient (Wildman–Crippen LogP) is 3.34. The maximum absolute atomic E-state index is 12.4. The molecule has 7 nitrogen and oxygen atoms in total. The zero-order valence-corrected chi connectivity index (χ0v) is 14.9. The molecular formula is C19H15ClN4O3. The first-order valence-corrected chi connectivity index (χ1v) is 8.61. The summed E-state index contributed by atoms with van der Waals surface area (Å²) in [5.41, 5.74) is 1.92. The van der Waals surface area contributed by atoms with Crippen LogP contribution in [0.5, 0.6) is 11.5 Å². The molecule has 0 saturated heterocycles. The summed E-state index contributed by atoms with van der Waals surface area (Å²) in [4.78, 5) is 16.3. The molecule has 27 heavy (non-hydrogen) atoms. The third-order valence-electron chi connectivity index (χ3n) is 3.89. The fourth-order valence-electron chi connectivity index (χ4n) is 2.68. The van der Waals surface area contributed by atoms with Crippen molar-refractivity contribution in [3.05, 3.63) is 65.7 Å². The number of hydrogen-bond donors (Lipinski definition) is 1. The van der Waals surface area contributed by atoms with Crippen LogP contribution < -0.4 is 14.8 Å². The van der Waals surface area contributed by atoms with E-state index in [9.17, 15) is 4.79 Å². The monoisotopic (exact) mass is 382 g/mol. The molecule has 0 aliphatic carbocycles. The summed E-state index contributed by atoms with van der Waals surface area (Å²) >= 11 is 6.26. The van der Waals surface area contributed by atoms with Crippen LogP contribution in [0.3, 0.4) is 0 Å². The maximum Gasteiger partial charge on any atom is 0.248 e. The minimum absolute atomic E-state index is 0.298. The second kappa shape index (κ2) is 7.51. The van der Waals surface area contributed by atoms with Crippen LogP contribution in [0.15, 0.2) is 55.1 Å². The van der Waals surface area contributed by atoms with Crippen LogP contribution in [-0.4, -0.2) is 33.9 Å². The number of anilines is 1. The van der Waals surface area contributed by atoms with E-state index in [1.807, 2.05) is 18.2 Å². The van der Waals surface area contributed by atoms with E-state index < -0.39 is 0 Å². The summed E-state index contributed by atoms with van der Waals surface area (Å²) < 4.78 is 12.5. The number of aromatic nitrogens is 3. The second-order valence-electron chi connectivity index (χ2n) is 5.70. The Hall–Kier alpha value is -3.32. The lowest BCUT2D eigenvalue weighted by Gasteiger charge is -2.18. The molecule has 1 aromatic heterocycles. The summed E-state index contributed by atoms with van der Waals surface area (Å²) in [6.45, 7) is 1.05. The van der Waals surface area contributed by atoms with Gasteiger partial charge in [0.25, 0.3) is 0 Å². The number of para-hydroxylation sites is 1. The molecule has 8 heteroatoms. The van der Waals surface area contributed by atoms with Gasteiger partial charge in [-0.15, -0.1) is 0 Å². The van der Waals surface area contributed by atoms with E-state index in [0.29, 0.717) is 41.1 Å². The lowest BCUT2D eigenvalue weighted by molar-refractivity contribution is -0.111.